The molecule has 0 rings (SSSR count). The van der Waals surface area contributed by atoms with E-state index in [1.807, 2.05) is 0 Å². The van der Waals surface area contributed by atoms with Crippen LogP contribution in [0.3, 0.4) is 0 Å². The summed E-state index contributed by atoms with van der Waals surface area (Å²) in [5, 5.41) is 3.06. The molecule has 0 radical (unpaired) electrons. The summed E-state index contributed by atoms with van der Waals surface area (Å²) in [7, 11) is 4.11. The zero-order valence-electron chi connectivity index (χ0n) is 39.8. The Bertz CT molecular complexity index is 728. The average molecular weight is 795 g/mol. The largest absolute Gasteiger partial charge is 0.370 e. The molecule has 0 saturated heterocycles. The highest BCUT2D eigenvalue weighted by Gasteiger charge is 2.03. The van der Waals surface area contributed by atoms with E-state index in [0.717, 1.165) is 45.6 Å². The Morgan fingerprint density at radius 1 is 0.393 bits per heavy atom. The van der Waals surface area contributed by atoms with E-state index in [9.17, 15) is 9.59 Å². The SMILES string of the molecule is CCCCCCCCCCCCCCCCCCCC(=O)NCCN(CC)CC.CCCCCCCCCCCCCCCCCCCC(N)=O.CCN(C)C. The summed E-state index contributed by atoms with van der Waals surface area (Å²) in [5.41, 5.74) is 5.12. The molecular formula is C50H106N4O2. The molecule has 56 heavy (non-hydrogen) atoms. The third-order valence-electron chi connectivity index (χ3n) is 11.3. The normalized spacial score (nSPS) is 11.0. The molecule has 0 bridgehead atoms. The van der Waals surface area contributed by atoms with Gasteiger partial charge in [-0.25, -0.2) is 0 Å². The Hall–Kier alpha value is -1.14. The van der Waals surface area contributed by atoms with Crippen molar-refractivity contribution in [1.29, 1.82) is 0 Å². The molecular weight excluding hydrogens is 689 g/mol. The van der Waals surface area contributed by atoms with E-state index >= 15 is 0 Å². The maximum absolute atomic E-state index is 11.8. The fourth-order valence-electron chi connectivity index (χ4n) is 7.02. The summed E-state index contributed by atoms with van der Waals surface area (Å²) in [5.74, 6) is 0.0825. The summed E-state index contributed by atoms with van der Waals surface area (Å²) < 4.78 is 0. The van der Waals surface area contributed by atoms with Gasteiger partial charge in [-0.05, 0) is 46.6 Å². The second-order valence-corrected chi connectivity index (χ2v) is 17.1. The van der Waals surface area contributed by atoms with Crippen LogP contribution in [-0.2, 0) is 9.59 Å². The first-order valence-electron chi connectivity index (χ1n) is 25.2. The van der Waals surface area contributed by atoms with Crippen LogP contribution in [0, 0.1) is 0 Å². The first-order valence-corrected chi connectivity index (χ1v) is 25.2. The predicted molar refractivity (Wildman–Crippen MR) is 252 cm³/mol. The standard InChI is InChI=1S/C26H54N2O.C20H41NO.C4H11N/c1-4-7-8-9-10-11-12-13-14-15-16-17-18-19-20-21-22-23-26(29)27-24-25-28(5-2)6-3;1-2-3-4-5-6-7-8-9-10-11-12-13-14-15-16-17-18-19-20(21)22;1-4-5(2)3/h4-25H2,1-3H3,(H,27,29);2-19H2,1H3,(H2,21,22);4H2,1-3H3. The molecule has 0 spiro atoms. The van der Waals surface area contributed by atoms with E-state index in [-0.39, 0.29) is 11.8 Å². The molecule has 0 heterocycles. The van der Waals surface area contributed by atoms with Crippen LogP contribution in [-0.4, -0.2) is 68.4 Å². The first kappa shape index (κ1) is 59.2. The number of rotatable bonds is 42. The lowest BCUT2D eigenvalue weighted by atomic mass is 10.0. The molecule has 338 valence electrons. The van der Waals surface area contributed by atoms with Crippen molar-refractivity contribution in [3.63, 3.8) is 0 Å². The summed E-state index contributed by atoms with van der Waals surface area (Å²) in [6.07, 6.45) is 48.0. The van der Waals surface area contributed by atoms with Gasteiger partial charge in [0.1, 0.15) is 0 Å². The van der Waals surface area contributed by atoms with Crippen LogP contribution in [0.25, 0.3) is 0 Å². The molecule has 6 heteroatoms. The van der Waals surface area contributed by atoms with Crippen molar-refractivity contribution in [3.05, 3.63) is 0 Å². The number of primary amides is 1. The number of hydrogen-bond donors (Lipinski definition) is 2. The van der Waals surface area contributed by atoms with Gasteiger partial charge in [-0.3, -0.25) is 9.59 Å². The minimum Gasteiger partial charge on any atom is -0.370 e. The lowest BCUT2D eigenvalue weighted by Gasteiger charge is -2.17. The zero-order chi connectivity index (χ0) is 42.0. The second kappa shape index (κ2) is 53.9. The minimum absolute atomic E-state index is 0.152. The second-order valence-electron chi connectivity index (χ2n) is 17.1. The van der Waals surface area contributed by atoms with E-state index < -0.39 is 0 Å². The molecule has 6 nitrogen and oxygen atoms in total. The van der Waals surface area contributed by atoms with E-state index in [4.69, 9.17) is 5.73 Å². The van der Waals surface area contributed by atoms with Gasteiger partial charge in [-0.2, -0.15) is 0 Å². The van der Waals surface area contributed by atoms with Gasteiger partial charge in [-0.1, -0.05) is 240 Å². The molecule has 0 aromatic carbocycles. The number of likely N-dealkylation sites (N-methyl/N-ethyl adjacent to an activating group) is 1. The van der Waals surface area contributed by atoms with Gasteiger partial charge < -0.3 is 20.9 Å². The molecule has 0 aliphatic carbocycles. The zero-order valence-corrected chi connectivity index (χ0v) is 39.8. The lowest BCUT2D eigenvalue weighted by Crippen LogP contribution is -2.34. The molecule has 0 aliphatic heterocycles. The van der Waals surface area contributed by atoms with Crippen molar-refractivity contribution >= 4 is 11.8 Å². The number of nitrogens with zero attached hydrogens (tertiary/aromatic N) is 2. The average Bonchev–Trinajstić information content (AvgIpc) is 3.19. The molecule has 0 saturated carbocycles. The van der Waals surface area contributed by atoms with Crippen molar-refractivity contribution in [2.45, 2.75) is 266 Å². The molecule has 0 unspecified atom stereocenters. The highest BCUT2D eigenvalue weighted by atomic mass is 16.1. The van der Waals surface area contributed by atoms with Crippen LogP contribution < -0.4 is 11.1 Å². The monoisotopic (exact) mass is 795 g/mol. The highest BCUT2D eigenvalue weighted by Crippen LogP contribution is 2.16. The molecule has 0 fully saturated rings. The number of unbranched alkanes of at least 4 members (excludes halogenated alkanes) is 32. The number of hydrogen-bond acceptors (Lipinski definition) is 4. The molecule has 3 N–H and O–H groups in total. The lowest BCUT2D eigenvalue weighted by molar-refractivity contribution is -0.121. The summed E-state index contributed by atoms with van der Waals surface area (Å²) >= 11 is 0. The maximum atomic E-state index is 11.8. The summed E-state index contributed by atoms with van der Waals surface area (Å²) in [6, 6.07) is 0. The van der Waals surface area contributed by atoms with Gasteiger partial charge in [0.25, 0.3) is 0 Å². The third kappa shape index (κ3) is 59.6. The van der Waals surface area contributed by atoms with Crippen molar-refractivity contribution < 1.29 is 9.59 Å². The smallest absolute Gasteiger partial charge is 0.220 e. The number of carbonyl (C=O) groups excluding carboxylic acids is 2. The van der Waals surface area contributed by atoms with Crippen molar-refractivity contribution in [1.82, 2.24) is 15.1 Å². The Kier molecular flexibility index (Phi) is 56.9. The van der Waals surface area contributed by atoms with Gasteiger partial charge in [0.2, 0.25) is 11.8 Å². The van der Waals surface area contributed by atoms with E-state index in [1.54, 1.807) is 0 Å². The van der Waals surface area contributed by atoms with Crippen molar-refractivity contribution in [3.8, 4) is 0 Å². The van der Waals surface area contributed by atoms with Crippen LogP contribution >= 0.6 is 0 Å². The quantitative estimate of drug-likeness (QED) is 0.0603. The van der Waals surface area contributed by atoms with Crippen LogP contribution in [0.4, 0.5) is 0 Å². The Labute approximate surface area is 353 Å². The summed E-state index contributed by atoms with van der Waals surface area (Å²) in [4.78, 5) is 26.9. The van der Waals surface area contributed by atoms with Gasteiger partial charge in [0, 0.05) is 25.9 Å². The number of carbonyl (C=O) groups is 2. The fraction of sp³-hybridized carbons (Fsp3) is 0.960. The van der Waals surface area contributed by atoms with E-state index in [2.05, 4.69) is 63.8 Å². The van der Waals surface area contributed by atoms with Crippen LogP contribution in [0.15, 0.2) is 0 Å². The Balaban J connectivity index is -0.000000919. The fourth-order valence-corrected chi connectivity index (χ4v) is 7.02. The topological polar surface area (TPSA) is 78.7 Å². The predicted octanol–water partition coefficient (Wildman–Crippen LogP) is 14.6. The van der Waals surface area contributed by atoms with E-state index in [0.29, 0.717) is 12.8 Å². The maximum Gasteiger partial charge on any atom is 0.220 e. The van der Waals surface area contributed by atoms with Gasteiger partial charge in [-0.15, -0.1) is 0 Å². The number of amides is 2. The number of nitrogens with one attached hydrogen (secondary N) is 1. The molecule has 0 atom stereocenters. The summed E-state index contributed by atoms with van der Waals surface area (Å²) in [6.45, 7) is 16.1. The van der Waals surface area contributed by atoms with Gasteiger partial charge in [0.05, 0.1) is 0 Å². The van der Waals surface area contributed by atoms with Gasteiger partial charge >= 0.3 is 0 Å². The molecule has 2 amide bonds. The number of nitrogens with two attached hydrogens (primary N) is 1. The Morgan fingerprint density at radius 2 is 0.643 bits per heavy atom. The molecule has 0 aromatic rings. The van der Waals surface area contributed by atoms with Gasteiger partial charge in [0.15, 0.2) is 0 Å². The third-order valence-corrected chi connectivity index (χ3v) is 11.3. The molecule has 0 aromatic heterocycles. The van der Waals surface area contributed by atoms with Crippen molar-refractivity contribution in [2.75, 3.05) is 46.8 Å². The highest BCUT2D eigenvalue weighted by molar-refractivity contribution is 5.75. The Morgan fingerprint density at radius 3 is 0.875 bits per heavy atom. The van der Waals surface area contributed by atoms with Crippen LogP contribution in [0.5, 0.6) is 0 Å². The van der Waals surface area contributed by atoms with E-state index in [1.165, 1.54) is 205 Å². The first-order chi connectivity index (χ1) is 27.3. The minimum atomic E-state index is -0.152. The van der Waals surface area contributed by atoms with Crippen LogP contribution in [0.2, 0.25) is 0 Å². The molecule has 0 aliphatic rings. The van der Waals surface area contributed by atoms with Crippen molar-refractivity contribution in [2.24, 2.45) is 5.73 Å². The van der Waals surface area contributed by atoms with Crippen LogP contribution in [0.1, 0.15) is 266 Å².